The van der Waals surface area contributed by atoms with E-state index in [1.807, 2.05) is 6.92 Å². The van der Waals surface area contributed by atoms with Crippen LogP contribution in [-0.4, -0.2) is 25.3 Å². The summed E-state index contributed by atoms with van der Waals surface area (Å²) < 4.78 is 3.93. The van der Waals surface area contributed by atoms with Crippen molar-refractivity contribution in [3.63, 3.8) is 0 Å². The van der Waals surface area contributed by atoms with Crippen LogP contribution in [0.25, 0.3) is 0 Å². The molecule has 0 amide bonds. The zero-order chi connectivity index (χ0) is 11.7. The number of rotatable bonds is 3. The van der Waals surface area contributed by atoms with E-state index < -0.39 is 0 Å². The maximum atomic E-state index is 12.2. The lowest BCUT2D eigenvalue weighted by molar-refractivity contribution is 0.101. The maximum absolute atomic E-state index is 12.2. The van der Waals surface area contributed by atoms with Gasteiger partial charge in [0.1, 0.15) is 11.4 Å². The van der Waals surface area contributed by atoms with Crippen molar-refractivity contribution in [3.8, 4) is 0 Å². The molecule has 0 aliphatic heterocycles. The van der Waals surface area contributed by atoms with Crippen LogP contribution in [0.4, 0.5) is 0 Å². The van der Waals surface area contributed by atoms with E-state index in [0.717, 1.165) is 0 Å². The lowest BCUT2D eigenvalue weighted by Gasteiger charge is -2.04. The molecule has 16 heavy (non-hydrogen) atoms. The van der Waals surface area contributed by atoms with Gasteiger partial charge in [0.2, 0.25) is 5.78 Å². The Morgan fingerprint density at radius 3 is 2.81 bits per heavy atom. The minimum Gasteiger partial charge on any atom is -0.285 e. The van der Waals surface area contributed by atoms with Gasteiger partial charge in [-0.3, -0.25) is 14.2 Å². The topological polar surface area (TPSA) is 52.7 Å². The summed E-state index contributed by atoms with van der Waals surface area (Å²) in [5, 5.41) is 8.10. The number of hydrogen-bond donors (Lipinski definition) is 0. The summed E-state index contributed by atoms with van der Waals surface area (Å²) in [7, 11) is 1.74. The molecule has 0 N–H and O–H groups in total. The Labute approximate surface area is 101 Å². The third-order valence-corrected chi connectivity index (χ3v) is 2.94. The average molecular weight is 283 g/mol. The molecule has 2 rings (SSSR count). The summed E-state index contributed by atoms with van der Waals surface area (Å²) in [6, 6.07) is 1.70. The molecule has 0 aliphatic carbocycles. The molecule has 84 valence electrons. The molecule has 0 aromatic carbocycles. The summed E-state index contributed by atoms with van der Waals surface area (Å²) in [6.07, 6.45) is 3.24. The fourth-order valence-corrected chi connectivity index (χ4v) is 2.02. The van der Waals surface area contributed by atoms with Gasteiger partial charge in [-0.25, -0.2) is 0 Å². The average Bonchev–Trinajstić information content (AvgIpc) is 2.83. The van der Waals surface area contributed by atoms with E-state index in [1.165, 1.54) is 0 Å². The van der Waals surface area contributed by atoms with Gasteiger partial charge in [0.15, 0.2) is 0 Å². The van der Waals surface area contributed by atoms with E-state index in [4.69, 9.17) is 0 Å². The number of carbonyl (C=O) groups excluding carboxylic acids is 1. The second kappa shape index (κ2) is 4.21. The standard InChI is InChI=1S/C10H11BrN4O/c1-3-15-9(7(11)6-13-15)10(16)8-4-5-12-14(8)2/h4-6H,3H2,1-2H3. The van der Waals surface area contributed by atoms with Gasteiger partial charge in [-0.05, 0) is 28.9 Å². The van der Waals surface area contributed by atoms with Gasteiger partial charge in [-0.2, -0.15) is 10.2 Å². The van der Waals surface area contributed by atoms with Crippen molar-refractivity contribution >= 4 is 21.7 Å². The molecule has 0 aliphatic rings. The quantitative estimate of drug-likeness (QED) is 0.804. The predicted molar refractivity (Wildman–Crippen MR) is 62.2 cm³/mol. The zero-order valence-electron chi connectivity index (χ0n) is 9.01. The third kappa shape index (κ3) is 1.69. The lowest BCUT2D eigenvalue weighted by Crippen LogP contribution is -2.14. The van der Waals surface area contributed by atoms with Crippen molar-refractivity contribution in [1.29, 1.82) is 0 Å². The molecule has 2 heterocycles. The molecular formula is C10H11BrN4O. The summed E-state index contributed by atoms with van der Waals surface area (Å²) in [6.45, 7) is 2.60. The Balaban J connectivity index is 2.49. The summed E-state index contributed by atoms with van der Waals surface area (Å²) in [5.74, 6) is -0.0776. The van der Waals surface area contributed by atoms with Crippen LogP contribution >= 0.6 is 15.9 Å². The molecule has 2 aromatic rings. The van der Waals surface area contributed by atoms with Crippen LogP contribution in [-0.2, 0) is 13.6 Å². The van der Waals surface area contributed by atoms with Crippen molar-refractivity contribution in [1.82, 2.24) is 19.6 Å². The first-order valence-electron chi connectivity index (χ1n) is 4.89. The highest BCUT2D eigenvalue weighted by atomic mass is 79.9. The van der Waals surface area contributed by atoms with Crippen molar-refractivity contribution in [3.05, 3.63) is 34.3 Å². The minimum absolute atomic E-state index is 0.0776. The Kier molecular flexibility index (Phi) is 2.91. The Bertz CT molecular complexity index is 529. The van der Waals surface area contributed by atoms with Crippen LogP contribution < -0.4 is 0 Å². The largest absolute Gasteiger partial charge is 0.285 e. The summed E-state index contributed by atoms with van der Waals surface area (Å²) in [5.41, 5.74) is 1.11. The molecule has 0 saturated heterocycles. The van der Waals surface area contributed by atoms with E-state index in [1.54, 1.807) is 34.9 Å². The highest BCUT2D eigenvalue weighted by Gasteiger charge is 2.20. The fraction of sp³-hybridized carbons (Fsp3) is 0.300. The monoisotopic (exact) mass is 282 g/mol. The first-order chi connectivity index (χ1) is 7.65. The summed E-state index contributed by atoms with van der Waals surface area (Å²) >= 11 is 3.33. The molecule has 0 spiro atoms. The van der Waals surface area contributed by atoms with E-state index in [-0.39, 0.29) is 5.78 Å². The van der Waals surface area contributed by atoms with Crippen LogP contribution in [0.3, 0.4) is 0 Å². The number of nitrogens with zero attached hydrogens (tertiary/aromatic N) is 4. The van der Waals surface area contributed by atoms with Crippen molar-refractivity contribution in [2.45, 2.75) is 13.5 Å². The molecule has 0 saturated carbocycles. The number of hydrogen-bond acceptors (Lipinski definition) is 3. The van der Waals surface area contributed by atoms with Crippen LogP contribution in [0.5, 0.6) is 0 Å². The fourth-order valence-electron chi connectivity index (χ4n) is 1.55. The van der Waals surface area contributed by atoms with Crippen molar-refractivity contribution in [2.75, 3.05) is 0 Å². The van der Waals surface area contributed by atoms with Crippen molar-refractivity contribution in [2.24, 2.45) is 7.05 Å². The van der Waals surface area contributed by atoms with E-state index in [9.17, 15) is 4.79 Å². The number of halogens is 1. The first kappa shape index (κ1) is 11.1. The van der Waals surface area contributed by atoms with E-state index in [2.05, 4.69) is 26.1 Å². The molecule has 0 radical (unpaired) electrons. The highest BCUT2D eigenvalue weighted by Crippen LogP contribution is 2.19. The van der Waals surface area contributed by atoms with Gasteiger partial charge in [-0.15, -0.1) is 0 Å². The van der Waals surface area contributed by atoms with Crippen LogP contribution in [0.2, 0.25) is 0 Å². The molecule has 6 heteroatoms. The maximum Gasteiger partial charge on any atom is 0.230 e. The molecular weight excluding hydrogens is 272 g/mol. The molecule has 0 fully saturated rings. The number of carbonyl (C=O) groups is 1. The number of aryl methyl sites for hydroxylation is 2. The van der Waals surface area contributed by atoms with Gasteiger partial charge < -0.3 is 0 Å². The second-order valence-electron chi connectivity index (χ2n) is 3.33. The number of aromatic nitrogens is 4. The highest BCUT2D eigenvalue weighted by molar-refractivity contribution is 9.10. The van der Waals surface area contributed by atoms with Gasteiger partial charge >= 0.3 is 0 Å². The lowest BCUT2D eigenvalue weighted by atomic mass is 10.2. The Morgan fingerprint density at radius 1 is 1.50 bits per heavy atom. The smallest absolute Gasteiger partial charge is 0.230 e. The van der Waals surface area contributed by atoms with Crippen LogP contribution in [0.15, 0.2) is 22.9 Å². The van der Waals surface area contributed by atoms with Gasteiger partial charge in [-0.1, -0.05) is 0 Å². The van der Waals surface area contributed by atoms with E-state index >= 15 is 0 Å². The summed E-state index contributed by atoms with van der Waals surface area (Å²) in [4.78, 5) is 12.2. The minimum atomic E-state index is -0.0776. The van der Waals surface area contributed by atoms with Crippen molar-refractivity contribution < 1.29 is 4.79 Å². The van der Waals surface area contributed by atoms with E-state index in [0.29, 0.717) is 22.4 Å². The van der Waals surface area contributed by atoms with Crippen LogP contribution in [0.1, 0.15) is 23.1 Å². The van der Waals surface area contributed by atoms with Crippen LogP contribution in [0, 0.1) is 0 Å². The van der Waals surface area contributed by atoms with Gasteiger partial charge in [0.05, 0.1) is 10.7 Å². The SMILES string of the molecule is CCn1ncc(Br)c1C(=O)c1ccnn1C. The molecule has 5 nitrogen and oxygen atoms in total. The Hall–Kier alpha value is -1.43. The van der Waals surface area contributed by atoms with Gasteiger partial charge in [0.25, 0.3) is 0 Å². The normalized spacial score (nSPS) is 10.7. The molecule has 0 unspecified atom stereocenters. The van der Waals surface area contributed by atoms with Gasteiger partial charge in [0, 0.05) is 19.8 Å². The second-order valence-corrected chi connectivity index (χ2v) is 4.18. The molecule has 2 aromatic heterocycles. The Morgan fingerprint density at radius 2 is 2.25 bits per heavy atom. The predicted octanol–water partition coefficient (Wildman–Crippen LogP) is 1.63. The molecule has 0 atom stereocenters. The first-order valence-corrected chi connectivity index (χ1v) is 5.68. The third-order valence-electron chi connectivity index (χ3n) is 2.36. The zero-order valence-corrected chi connectivity index (χ0v) is 10.6. The molecule has 0 bridgehead atoms. The number of ketones is 1.